The van der Waals surface area contributed by atoms with Gasteiger partial charge in [-0.2, -0.15) is 5.10 Å². The van der Waals surface area contributed by atoms with Crippen LogP contribution in [-0.2, 0) is 10.2 Å². The first-order valence-electron chi connectivity index (χ1n) is 10.3. The third kappa shape index (κ3) is 6.87. The first-order valence-corrected chi connectivity index (χ1v) is 11.1. The molecule has 0 saturated heterocycles. The number of urea groups is 1. The minimum Gasteiger partial charge on any atom is -0.338 e. The fourth-order valence-electron chi connectivity index (χ4n) is 2.93. The van der Waals surface area contributed by atoms with Crippen LogP contribution < -0.4 is 10.6 Å². The molecule has 0 fully saturated rings. The van der Waals surface area contributed by atoms with Crippen LogP contribution in [0.2, 0.25) is 10.0 Å². The summed E-state index contributed by atoms with van der Waals surface area (Å²) in [6.07, 6.45) is 0. The third-order valence-corrected chi connectivity index (χ3v) is 5.17. The molecule has 0 aliphatic heterocycles. The summed E-state index contributed by atoms with van der Waals surface area (Å²) >= 11 is 12.2. The van der Waals surface area contributed by atoms with Crippen LogP contribution in [0.4, 0.5) is 10.6 Å². The fraction of sp³-hybridized carbons (Fsp3) is 0.500. The molecule has 9 heteroatoms. The smallest absolute Gasteiger partial charge is 0.317 e. The Morgan fingerprint density at radius 1 is 1.16 bits per heavy atom. The number of halogens is 2. The van der Waals surface area contributed by atoms with Gasteiger partial charge in [0.05, 0.1) is 21.4 Å². The van der Waals surface area contributed by atoms with Gasteiger partial charge in [0.15, 0.2) is 0 Å². The van der Waals surface area contributed by atoms with Crippen molar-refractivity contribution >= 4 is 41.0 Å². The lowest BCUT2D eigenvalue weighted by Gasteiger charge is -2.24. The van der Waals surface area contributed by atoms with E-state index in [1.165, 1.54) is 4.90 Å². The van der Waals surface area contributed by atoms with Crippen LogP contribution in [-0.4, -0.2) is 46.3 Å². The van der Waals surface area contributed by atoms with Crippen molar-refractivity contribution in [2.75, 3.05) is 25.0 Å². The van der Waals surface area contributed by atoms with E-state index in [-0.39, 0.29) is 29.8 Å². The van der Waals surface area contributed by atoms with E-state index in [0.29, 0.717) is 34.6 Å². The largest absolute Gasteiger partial charge is 0.338 e. The van der Waals surface area contributed by atoms with Crippen LogP contribution in [0.15, 0.2) is 24.3 Å². The third-order valence-electron chi connectivity index (χ3n) is 4.43. The van der Waals surface area contributed by atoms with Crippen LogP contribution in [0.1, 0.15) is 47.2 Å². The quantitative estimate of drug-likeness (QED) is 0.593. The highest BCUT2D eigenvalue weighted by Gasteiger charge is 2.23. The van der Waals surface area contributed by atoms with Crippen molar-refractivity contribution in [2.24, 2.45) is 5.92 Å². The lowest BCUT2D eigenvalue weighted by Crippen LogP contribution is -2.45. The second kappa shape index (κ2) is 10.4. The molecule has 0 radical (unpaired) electrons. The number of hydrogen-bond acceptors (Lipinski definition) is 3. The van der Waals surface area contributed by atoms with Gasteiger partial charge in [0.2, 0.25) is 5.91 Å². The summed E-state index contributed by atoms with van der Waals surface area (Å²) in [5, 5.41) is 11.2. The van der Waals surface area contributed by atoms with Gasteiger partial charge in [-0.3, -0.25) is 4.79 Å². The zero-order valence-electron chi connectivity index (χ0n) is 18.9. The van der Waals surface area contributed by atoms with Gasteiger partial charge in [0.1, 0.15) is 12.4 Å². The van der Waals surface area contributed by atoms with Gasteiger partial charge in [-0.25, -0.2) is 9.48 Å². The normalized spacial score (nSPS) is 11.5. The number of amides is 3. The predicted octanol–water partition coefficient (Wildman–Crippen LogP) is 5.10. The Labute approximate surface area is 194 Å². The minimum absolute atomic E-state index is 0.0680. The molecule has 1 aromatic heterocycles. The monoisotopic (exact) mass is 467 g/mol. The summed E-state index contributed by atoms with van der Waals surface area (Å²) < 4.78 is 1.62. The second-order valence-electron chi connectivity index (χ2n) is 8.83. The van der Waals surface area contributed by atoms with Crippen molar-refractivity contribution in [1.82, 2.24) is 20.0 Å². The van der Waals surface area contributed by atoms with E-state index in [1.807, 2.05) is 47.6 Å². The van der Waals surface area contributed by atoms with Gasteiger partial charge in [0, 0.05) is 24.6 Å². The maximum Gasteiger partial charge on any atom is 0.317 e. The fourth-order valence-corrected chi connectivity index (χ4v) is 3.22. The van der Waals surface area contributed by atoms with Gasteiger partial charge >= 0.3 is 6.03 Å². The van der Waals surface area contributed by atoms with Crippen molar-refractivity contribution < 1.29 is 9.59 Å². The molecular weight excluding hydrogens is 437 g/mol. The molecule has 0 unspecified atom stereocenters. The molecule has 2 aromatic rings. The molecule has 170 valence electrons. The number of nitrogens with one attached hydrogen (secondary N) is 2. The highest BCUT2D eigenvalue weighted by Crippen LogP contribution is 2.29. The van der Waals surface area contributed by atoms with E-state index in [0.717, 1.165) is 5.69 Å². The molecule has 0 saturated carbocycles. The van der Waals surface area contributed by atoms with Crippen molar-refractivity contribution in [2.45, 2.75) is 47.0 Å². The van der Waals surface area contributed by atoms with Crippen LogP contribution in [0.3, 0.4) is 0 Å². The highest BCUT2D eigenvalue weighted by molar-refractivity contribution is 6.42. The van der Waals surface area contributed by atoms with Crippen LogP contribution in [0.5, 0.6) is 0 Å². The Balaban J connectivity index is 2.33. The minimum atomic E-state index is -0.312. The standard InChI is InChI=1S/C22H31Cl2N5O2/c1-7-25-21(31)28(12-14(2)3)13-20(30)26-19-11-18(22(4,5)6)27-29(19)15-8-9-16(23)17(24)10-15/h8-11,14H,7,12-13H2,1-6H3,(H,25,31)(H,26,30). The Bertz CT molecular complexity index is 934. The Kier molecular flexibility index (Phi) is 8.37. The number of anilines is 1. The van der Waals surface area contributed by atoms with Crippen molar-refractivity contribution in [3.63, 3.8) is 0 Å². The van der Waals surface area contributed by atoms with Gasteiger partial charge in [-0.1, -0.05) is 57.8 Å². The summed E-state index contributed by atoms with van der Waals surface area (Å²) in [5.74, 6) is 0.409. The van der Waals surface area contributed by atoms with Crippen molar-refractivity contribution in [1.29, 1.82) is 0 Å². The number of benzene rings is 1. The molecule has 1 aromatic carbocycles. The summed E-state index contributed by atoms with van der Waals surface area (Å²) in [4.78, 5) is 26.7. The van der Waals surface area contributed by atoms with E-state index < -0.39 is 0 Å². The molecule has 0 bridgehead atoms. The number of rotatable bonds is 7. The molecule has 0 atom stereocenters. The van der Waals surface area contributed by atoms with E-state index in [9.17, 15) is 9.59 Å². The second-order valence-corrected chi connectivity index (χ2v) is 9.65. The molecule has 2 rings (SSSR count). The SMILES string of the molecule is CCNC(=O)N(CC(=O)Nc1cc(C(C)(C)C)nn1-c1ccc(Cl)c(Cl)c1)CC(C)C. The molecule has 0 spiro atoms. The summed E-state index contributed by atoms with van der Waals surface area (Å²) in [6, 6.07) is 6.73. The Hall–Kier alpha value is -2.25. The predicted molar refractivity (Wildman–Crippen MR) is 126 cm³/mol. The number of aromatic nitrogens is 2. The summed E-state index contributed by atoms with van der Waals surface area (Å²) in [7, 11) is 0. The van der Waals surface area contributed by atoms with Crippen LogP contribution >= 0.6 is 23.2 Å². The van der Waals surface area contributed by atoms with Gasteiger partial charge in [-0.15, -0.1) is 0 Å². The molecular formula is C22H31Cl2N5O2. The molecule has 1 heterocycles. The zero-order valence-corrected chi connectivity index (χ0v) is 20.4. The number of hydrogen-bond donors (Lipinski definition) is 2. The molecule has 0 aliphatic carbocycles. The highest BCUT2D eigenvalue weighted by atomic mass is 35.5. The average molecular weight is 468 g/mol. The molecule has 3 amide bonds. The number of carbonyl (C=O) groups excluding carboxylic acids is 2. The van der Waals surface area contributed by atoms with Gasteiger partial charge in [0.25, 0.3) is 0 Å². The molecule has 2 N–H and O–H groups in total. The summed E-state index contributed by atoms with van der Waals surface area (Å²) in [5.41, 5.74) is 1.24. The lowest BCUT2D eigenvalue weighted by molar-refractivity contribution is -0.116. The number of nitrogens with zero attached hydrogens (tertiary/aromatic N) is 3. The first-order chi connectivity index (χ1) is 14.4. The van der Waals surface area contributed by atoms with Gasteiger partial charge in [-0.05, 0) is 31.0 Å². The lowest BCUT2D eigenvalue weighted by atomic mass is 9.92. The Morgan fingerprint density at radius 3 is 2.39 bits per heavy atom. The Morgan fingerprint density at radius 2 is 1.84 bits per heavy atom. The van der Waals surface area contributed by atoms with Crippen molar-refractivity contribution in [3.05, 3.63) is 40.0 Å². The van der Waals surface area contributed by atoms with E-state index >= 15 is 0 Å². The topological polar surface area (TPSA) is 79.3 Å². The van der Waals surface area contributed by atoms with E-state index in [2.05, 4.69) is 15.7 Å². The maximum absolute atomic E-state index is 12.9. The van der Waals surface area contributed by atoms with E-state index in [1.54, 1.807) is 22.9 Å². The number of carbonyl (C=O) groups is 2. The summed E-state index contributed by atoms with van der Waals surface area (Å²) in [6.45, 7) is 12.9. The first kappa shape index (κ1) is 25.0. The maximum atomic E-state index is 12.9. The van der Waals surface area contributed by atoms with Gasteiger partial charge < -0.3 is 15.5 Å². The molecule has 31 heavy (non-hydrogen) atoms. The van der Waals surface area contributed by atoms with Crippen LogP contribution in [0, 0.1) is 5.92 Å². The average Bonchev–Trinajstić information content (AvgIpc) is 3.07. The zero-order chi connectivity index (χ0) is 23.3. The molecule has 7 nitrogen and oxygen atoms in total. The van der Waals surface area contributed by atoms with E-state index in [4.69, 9.17) is 23.2 Å². The van der Waals surface area contributed by atoms with Crippen LogP contribution in [0.25, 0.3) is 5.69 Å². The molecule has 0 aliphatic rings. The van der Waals surface area contributed by atoms with Crippen molar-refractivity contribution in [3.8, 4) is 5.69 Å².